The molecular weight excluding hydrogens is 238 g/mol. The number of sulfonamides is 1. The number of benzene rings is 1. The molecule has 92 valence electrons. The van der Waals surface area contributed by atoms with Gasteiger partial charge in [0.2, 0.25) is 0 Å². The molecule has 1 aliphatic rings. The third-order valence-electron chi connectivity index (χ3n) is 2.95. The van der Waals surface area contributed by atoms with Crippen molar-refractivity contribution < 1.29 is 13.5 Å². The molecule has 1 aliphatic heterocycles. The summed E-state index contributed by atoms with van der Waals surface area (Å²) in [6.45, 7) is 5.22. The van der Waals surface area contributed by atoms with Crippen LogP contribution in [-0.4, -0.2) is 19.2 Å². The van der Waals surface area contributed by atoms with Gasteiger partial charge < -0.3 is 5.11 Å². The van der Waals surface area contributed by atoms with E-state index in [2.05, 4.69) is 4.40 Å². The Hall–Kier alpha value is -1.20. The van der Waals surface area contributed by atoms with Gasteiger partial charge in [-0.3, -0.25) is 0 Å². The van der Waals surface area contributed by atoms with Crippen molar-refractivity contribution in [3.05, 3.63) is 29.8 Å². The molecule has 0 aromatic heterocycles. The highest BCUT2D eigenvalue weighted by Gasteiger charge is 2.41. The Balaban J connectivity index is 2.80. The maximum atomic E-state index is 12.0. The van der Waals surface area contributed by atoms with Crippen LogP contribution in [0.5, 0.6) is 0 Å². The first-order valence-corrected chi connectivity index (χ1v) is 6.88. The van der Waals surface area contributed by atoms with Crippen molar-refractivity contribution in [2.24, 2.45) is 10.3 Å². The highest BCUT2D eigenvalue weighted by molar-refractivity contribution is 7.90. The van der Waals surface area contributed by atoms with Gasteiger partial charge in [0.15, 0.2) is 0 Å². The van der Waals surface area contributed by atoms with Crippen LogP contribution in [0.15, 0.2) is 33.6 Å². The van der Waals surface area contributed by atoms with Crippen molar-refractivity contribution >= 4 is 15.7 Å². The molecule has 0 saturated carbocycles. The summed E-state index contributed by atoms with van der Waals surface area (Å²) in [4.78, 5) is 0.0920. The quantitative estimate of drug-likeness (QED) is 0.828. The summed E-state index contributed by atoms with van der Waals surface area (Å²) in [5.41, 5.74) is -0.634. The number of nitrogens with zero attached hydrogens (tertiary/aromatic N) is 1. The Morgan fingerprint density at radius 2 is 1.88 bits per heavy atom. The second kappa shape index (κ2) is 3.65. The summed E-state index contributed by atoms with van der Waals surface area (Å²) >= 11 is 0. The highest BCUT2D eigenvalue weighted by atomic mass is 32.2. The van der Waals surface area contributed by atoms with Crippen molar-refractivity contribution in [2.45, 2.75) is 31.3 Å². The fraction of sp³-hybridized carbons (Fsp3) is 0.417. The van der Waals surface area contributed by atoms with Crippen LogP contribution in [0.3, 0.4) is 0 Å². The molecule has 17 heavy (non-hydrogen) atoms. The molecule has 2 rings (SSSR count). The Morgan fingerprint density at radius 3 is 2.47 bits per heavy atom. The first kappa shape index (κ1) is 12.3. The molecule has 1 atom stereocenters. The van der Waals surface area contributed by atoms with E-state index in [1.165, 1.54) is 6.07 Å². The Kier molecular flexibility index (Phi) is 2.63. The molecule has 1 unspecified atom stereocenters. The zero-order chi connectivity index (χ0) is 12.8. The van der Waals surface area contributed by atoms with Crippen LogP contribution >= 0.6 is 0 Å². The third-order valence-corrected chi connectivity index (χ3v) is 4.30. The average molecular weight is 253 g/mol. The standard InChI is InChI=1S/C12H15NO3S/c1-8(2)11-12(3,14)9-6-4-5-7-10(9)17(15,16)13-11/h4-8,14H,1-3H3. The molecule has 0 amide bonds. The van der Waals surface area contributed by atoms with Gasteiger partial charge in [-0.15, -0.1) is 0 Å². The van der Waals surface area contributed by atoms with Crippen molar-refractivity contribution in [2.75, 3.05) is 0 Å². The molecule has 0 bridgehead atoms. The second-order valence-electron chi connectivity index (χ2n) is 4.67. The first-order valence-electron chi connectivity index (χ1n) is 5.44. The fourth-order valence-corrected chi connectivity index (χ4v) is 3.71. The van der Waals surface area contributed by atoms with E-state index in [9.17, 15) is 13.5 Å². The minimum atomic E-state index is -3.68. The molecule has 1 aromatic rings. The van der Waals surface area contributed by atoms with Crippen LogP contribution < -0.4 is 0 Å². The van der Waals surface area contributed by atoms with Crippen molar-refractivity contribution in [1.29, 1.82) is 0 Å². The van der Waals surface area contributed by atoms with Crippen LogP contribution in [-0.2, 0) is 15.6 Å². The maximum absolute atomic E-state index is 12.0. The predicted octanol–water partition coefficient (Wildman–Crippen LogP) is 1.69. The van der Waals surface area contributed by atoms with Crippen molar-refractivity contribution in [3.63, 3.8) is 0 Å². The van der Waals surface area contributed by atoms with Crippen LogP contribution in [0.2, 0.25) is 0 Å². The van der Waals surface area contributed by atoms with E-state index in [0.717, 1.165) is 0 Å². The Labute approximate surface area is 101 Å². The largest absolute Gasteiger partial charge is 0.379 e. The van der Waals surface area contributed by atoms with Gasteiger partial charge in [-0.25, -0.2) is 0 Å². The fourth-order valence-electron chi connectivity index (χ4n) is 2.17. The molecule has 0 radical (unpaired) electrons. The summed E-state index contributed by atoms with van der Waals surface area (Å²) in [5, 5.41) is 10.5. The topological polar surface area (TPSA) is 66.7 Å². The zero-order valence-electron chi connectivity index (χ0n) is 10.0. The van der Waals surface area contributed by atoms with Crippen LogP contribution in [0.1, 0.15) is 26.3 Å². The normalized spacial score (nSPS) is 26.5. The number of rotatable bonds is 1. The van der Waals surface area contributed by atoms with Gasteiger partial charge >= 0.3 is 0 Å². The highest BCUT2D eigenvalue weighted by Crippen LogP contribution is 2.36. The molecular formula is C12H15NO3S. The van der Waals surface area contributed by atoms with Gasteiger partial charge in [0, 0.05) is 5.56 Å². The predicted molar refractivity (Wildman–Crippen MR) is 65.5 cm³/mol. The number of hydrogen-bond donors (Lipinski definition) is 1. The lowest BCUT2D eigenvalue weighted by molar-refractivity contribution is 0.124. The molecule has 1 heterocycles. The maximum Gasteiger partial charge on any atom is 0.282 e. The third kappa shape index (κ3) is 1.79. The summed E-state index contributed by atoms with van der Waals surface area (Å²) in [5.74, 6) is -0.131. The van der Waals surface area contributed by atoms with E-state index in [1.54, 1.807) is 25.1 Å². The lowest BCUT2D eigenvalue weighted by Gasteiger charge is -2.32. The molecule has 0 aliphatic carbocycles. The lowest BCUT2D eigenvalue weighted by Crippen LogP contribution is -2.40. The zero-order valence-corrected chi connectivity index (χ0v) is 10.8. The van der Waals surface area contributed by atoms with E-state index in [0.29, 0.717) is 5.56 Å². The molecule has 1 aromatic carbocycles. The van der Waals surface area contributed by atoms with Crippen molar-refractivity contribution in [3.8, 4) is 0 Å². The monoisotopic (exact) mass is 253 g/mol. The van der Waals surface area contributed by atoms with E-state index in [1.807, 2.05) is 13.8 Å². The second-order valence-corrected chi connectivity index (χ2v) is 6.25. The number of aliphatic hydroxyl groups is 1. The Bertz CT molecular complexity index is 586. The summed E-state index contributed by atoms with van der Waals surface area (Å²) in [7, 11) is -3.68. The molecule has 5 heteroatoms. The van der Waals surface area contributed by atoms with E-state index >= 15 is 0 Å². The molecule has 0 saturated heterocycles. The average Bonchev–Trinajstić information content (AvgIpc) is 2.24. The van der Waals surface area contributed by atoms with Gasteiger partial charge in [-0.2, -0.15) is 12.8 Å². The summed E-state index contributed by atoms with van der Waals surface area (Å²) < 4.78 is 27.7. The molecule has 0 spiro atoms. The van der Waals surface area contributed by atoms with Gasteiger partial charge in [-0.1, -0.05) is 32.0 Å². The van der Waals surface area contributed by atoms with Crippen LogP contribution in [0.4, 0.5) is 0 Å². The van der Waals surface area contributed by atoms with Crippen LogP contribution in [0, 0.1) is 5.92 Å². The van der Waals surface area contributed by atoms with Gasteiger partial charge in [-0.05, 0) is 18.9 Å². The summed E-state index contributed by atoms with van der Waals surface area (Å²) in [6.07, 6.45) is 0. The molecule has 4 nitrogen and oxygen atoms in total. The van der Waals surface area contributed by atoms with Crippen LogP contribution in [0.25, 0.3) is 0 Å². The minimum Gasteiger partial charge on any atom is -0.379 e. The number of fused-ring (bicyclic) bond motifs is 1. The molecule has 1 N–H and O–H groups in total. The van der Waals surface area contributed by atoms with Gasteiger partial charge in [0.05, 0.1) is 10.6 Å². The molecule has 0 fully saturated rings. The summed E-state index contributed by atoms with van der Waals surface area (Å²) in [6, 6.07) is 6.44. The lowest BCUT2D eigenvalue weighted by atomic mass is 9.85. The number of hydrogen-bond acceptors (Lipinski definition) is 3. The smallest absolute Gasteiger partial charge is 0.282 e. The van der Waals surface area contributed by atoms with E-state index in [-0.39, 0.29) is 16.5 Å². The van der Waals surface area contributed by atoms with Gasteiger partial charge in [0.1, 0.15) is 5.60 Å². The minimum absolute atomic E-state index is 0.0920. The van der Waals surface area contributed by atoms with E-state index < -0.39 is 15.6 Å². The van der Waals surface area contributed by atoms with Gasteiger partial charge in [0.25, 0.3) is 10.0 Å². The Morgan fingerprint density at radius 1 is 1.29 bits per heavy atom. The van der Waals surface area contributed by atoms with E-state index in [4.69, 9.17) is 0 Å². The first-order chi connectivity index (χ1) is 7.77. The van der Waals surface area contributed by atoms with Crippen molar-refractivity contribution in [1.82, 2.24) is 0 Å². The SMILES string of the molecule is CC(C)C1=NS(=O)(=O)c2ccccc2C1(C)O.